The highest BCUT2D eigenvalue weighted by molar-refractivity contribution is 6.12. The molecule has 0 unspecified atom stereocenters. The molecule has 0 atom stereocenters. The second-order valence-electron chi connectivity index (χ2n) is 6.20. The molecule has 4 nitrogen and oxygen atoms in total. The van der Waals surface area contributed by atoms with Gasteiger partial charge in [0.15, 0.2) is 0 Å². The number of allylic oxidation sites excluding steroid dienone is 1. The van der Waals surface area contributed by atoms with Crippen molar-refractivity contribution in [2.75, 3.05) is 0 Å². The van der Waals surface area contributed by atoms with Crippen molar-refractivity contribution in [3.05, 3.63) is 11.6 Å². The van der Waals surface area contributed by atoms with Gasteiger partial charge in [-0.3, -0.25) is 0 Å². The quantitative estimate of drug-likeness (QED) is 0.457. The first-order valence-electron chi connectivity index (χ1n) is 6.73. The van der Waals surface area contributed by atoms with E-state index in [0.717, 1.165) is 11.8 Å². The third-order valence-electron chi connectivity index (χ3n) is 5.12. The van der Waals surface area contributed by atoms with Crippen LogP contribution in [0.25, 0.3) is 0 Å². The number of carboxylic acids is 2. The van der Waals surface area contributed by atoms with Crippen LogP contribution in [-0.2, 0) is 9.59 Å². The van der Waals surface area contributed by atoms with Crippen molar-refractivity contribution in [2.45, 2.75) is 32.1 Å². The summed E-state index contributed by atoms with van der Waals surface area (Å²) in [6, 6.07) is 0. The zero-order valence-electron chi connectivity index (χ0n) is 10.2. The summed E-state index contributed by atoms with van der Waals surface area (Å²) in [4.78, 5) is 21.9. The molecule has 0 aromatic heterocycles. The van der Waals surface area contributed by atoms with E-state index in [4.69, 9.17) is 10.2 Å². The molecule has 4 aliphatic carbocycles. The standard InChI is InChI=1S/C14H18O4/c15-13(16)12(14(17)18)6-11-9-2-7-1-8(4-9)5-10(11)3-7/h6-11H,1-5H2,(H,15,16)(H,17,18). The summed E-state index contributed by atoms with van der Waals surface area (Å²) in [6.07, 6.45) is 7.55. The fraction of sp³-hybridized carbons (Fsp3) is 0.714. The van der Waals surface area contributed by atoms with Crippen molar-refractivity contribution >= 4 is 11.9 Å². The molecule has 0 aliphatic heterocycles. The van der Waals surface area contributed by atoms with Crippen LogP contribution in [-0.4, -0.2) is 22.2 Å². The molecule has 0 amide bonds. The van der Waals surface area contributed by atoms with Crippen molar-refractivity contribution in [1.82, 2.24) is 0 Å². The Balaban J connectivity index is 1.86. The number of rotatable bonds is 3. The van der Waals surface area contributed by atoms with Gasteiger partial charge in [-0.15, -0.1) is 0 Å². The smallest absolute Gasteiger partial charge is 0.342 e. The van der Waals surface area contributed by atoms with Crippen LogP contribution in [0.1, 0.15) is 32.1 Å². The summed E-state index contributed by atoms with van der Waals surface area (Å²) in [7, 11) is 0. The van der Waals surface area contributed by atoms with Crippen molar-refractivity contribution < 1.29 is 19.8 Å². The van der Waals surface area contributed by atoms with Crippen LogP contribution < -0.4 is 0 Å². The van der Waals surface area contributed by atoms with Crippen LogP contribution in [0.5, 0.6) is 0 Å². The van der Waals surface area contributed by atoms with Gasteiger partial charge >= 0.3 is 11.9 Å². The van der Waals surface area contributed by atoms with Crippen LogP contribution >= 0.6 is 0 Å². The number of aliphatic carboxylic acids is 2. The fourth-order valence-electron chi connectivity index (χ4n) is 4.67. The van der Waals surface area contributed by atoms with E-state index in [-0.39, 0.29) is 5.92 Å². The Morgan fingerprint density at radius 2 is 1.28 bits per heavy atom. The molecule has 4 saturated carbocycles. The van der Waals surface area contributed by atoms with Gasteiger partial charge in [0.05, 0.1) is 0 Å². The first kappa shape index (κ1) is 11.8. The molecule has 2 N–H and O–H groups in total. The Morgan fingerprint density at radius 3 is 1.67 bits per heavy atom. The Labute approximate surface area is 106 Å². The van der Waals surface area contributed by atoms with E-state index in [1.54, 1.807) is 0 Å². The van der Waals surface area contributed by atoms with Gasteiger partial charge in [0.25, 0.3) is 0 Å². The summed E-state index contributed by atoms with van der Waals surface area (Å²) in [5.41, 5.74) is -0.438. The Bertz CT molecular complexity index is 380. The Kier molecular flexibility index (Phi) is 2.68. The van der Waals surface area contributed by atoms with Gasteiger partial charge in [-0.2, -0.15) is 0 Å². The SMILES string of the molecule is O=C(O)C(=CC1C2CC3CC(C2)CC1C3)C(=O)O. The van der Waals surface area contributed by atoms with Crippen LogP contribution in [0, 0.1) is 29.6 Å². The number of hydrogen-bond donors (Lipinski definition) is 2. The van der Waals surface area contributed by atoms with Crippen LogP contribution in [0.3, 0.4) is 0 Å². The summed E-state index contributed by atoms with van der Waals surface area (Å²) in [6.45, 7) is 0. The largest absolute Gasteiger partial charge is 0.477 e. The minimum Gasteiger partial charge on any atom is -0.477 e. The van der Waals surface area contributed by atoms with Gasteiger partial charge in [0.2, 0.25) is 0 Å². The highest BCUT2D eigenvalue weighted by atomic mass is 16.4. The number of hydrogen-bond acceptors (Lipinski definition) is 2. The monoisotopic (exact) mass is 250 g/mol. The molecule has 0 spiro atoms. The van der Waals surface area contributed by atoms with E-state index in [1.807, 2.05) is 0 Å². The minimum absolute atomic E-state index is 0.181. The number of carbonyl (C=O) groups is 2. The predicted octanol–water partition coefficient (Wildman–Crippen LogP) is 2.15. The summed E-state index contributed by atoms with van der Waals surface area (Å²) >= 11 is 0. The maximum atomic E-state index is 11.0. The molecular weight excluding hydrogens is 232 g/mol. The normalized spacial score (nSPS) is 40.6. The molecule has 0 aromatic carbocycles. The van der Waals surface area contributed by atoms with Gasteiger partial charge in [-0.05, 0) is 61.7 Å². The number of carboxylic acid groups (broad SMARTS) is 2. The highest BCUT2D eigenvalue weighted by Crippen LogP contribution is 2.57. The predicted molar refractivity (Wildman–Crippen MR) is 63.9 cm³/mol. The lowest BCUT2D eigenvalue weighted by molar-refractivity contribution is -0.140. The van der Waals surface area contributed by atoms with Crippen molar-refractivity contribution in [3.63, 3.8) is 0 Å². The van der Waals surface area contributed by atoms with Gasteiger partial charge in [0.1, 0.15) is 5.57 Å². The van der Waals surface area contributed by atoms with Crippen molar-refractivity contribution in [3.8, 4) is 0 Å². The lowest BCUT2D eigenvalue weighted by Crippen LogP contribution is -2.44. The van der Waals surface area contributed by atoms with E-state index < -0.39 is 17.5 Å². The second kappa shape index (κ2) is 4.11. The fourth-order valence-corrected chi connectivity index (χ4v) is 4.67. The van der Waals surface area contributed by atoms with Gasteiger partial charge in [-0.25, -0.2) is 9.59 Å². The van der Waals surface area contributed by atoms with Crippen molar-refractivity contribution in [1.29, 1.82) is 0 Å². The lowest BCUT2D eigenvalue weighted by atomic mass is 9.52. The maximum absolute atomic E-state index is 11.0. The molecule has 0 aromatic rings. The van der Waals surface area contributed by atoms with Gasteiger partial charge in [0, 0.05) is 0 Å². The Hall–Kier alpha value is -1.32. The third kappa shape index (κ3) is 1.84. The van der Waals surface area contributed by atoms with E-state index in [9.17, 15) is 9.59 Å². The van der Waals surface area contributed by atoms with E-state index in [1.165, 1.54) is 38.2 Å². The Morgan fingerprint density at radius 1 is 0.833 bits per heavy atom. The lowest BCUT2D eigenvalue weighted by Gasteiger charge is -2.53. The highest BCUT2D eigenvalue weighted by Gasteiger charge is 2.47. The minimum atomic E-state index is -1.31. The molecule has 0 saturated heterocycles. The maximum Gasteiger partial charge on any atom is 0.342 e. The molecule has 4 fully saturated rings. The summed E-state index contributed by atoms with van der Waals surface area (Å²) in [5, 5.41) is 17.9. The average Bonchev–Trinajstić information content (AvgIpc) is 2.25. The summed E-state index contributed by atoms with van der Waals surface area (Å²) in [5.74, 6) is 0.239. The van der Waals surface area contributed by atoms with Crippen LogP contribution in [0.2, 0.25) is 0 Å². The van der Waals surface area contributed by atoms with Crippen LogP contribution in [0.15, 0.2) is 11.6 Å². The molecule has 18 heavy (non-hydrogen) atoms. The van der Waals surface area contributed by atoms with Gasteiger partial charge < -0.3 is 10.2 Å². The first-order valence-corrected chi connectivity index (χ1v) is 6.73. The van der Waals surface area contributed by atoms with E-state index in [2.05, 4.69) is 0 Å². The van der Waals surface area contributed by atoms with Crippen LogP contribution in [0.4, 0.5) is 0 Å². The second-order valence-corrected chi connectivity index (χ2v) is 6.20. The van der Waals surface area contributed by atoms with E-state index >= 15 is 0 Å². The topological polar surface area (TPSA) is 74.6 Å². The third-order valence-corrected chi connectivity index (χ3v) is 5.12. The van der Waals surface area contributed by atoms with Gasteiger partial charge in [-0.1, -0.05) is 6.08 Å². The molecule has 4 heteroatoms. The zero-order valence-corrected chi connectivity index (χ0v) is 10.2. The molecular formula is C14H18O4. The molecule has 4 aliphatic rings. The zero-order chi connectivity index (χ0) is 12.9. The molecule has 0 radical (unpaired) electrons. The van der Waals surface area contributed by atoms with Crippen molar-refractivity contribution in [2.24, 2.45) is 29.6 Å². The first-order chi connectivity index (χ1) is 8.54. The molecule has 0 heterocycles. The molecule has 4 rings (SSSR count). The average molecular weight is 250 g/mol. The molecule has 4 bridgehead atoms. The summed E-state index contributed by atoms with van der Waals surface area (Å²) < 4.78 is 0. The van der Waals surface area contributed by atoms with E-state index in [0.29, 0.717) is 11.8 Å². The molecule has 98 valence electrons.